The van der Waals surface area contributed by atoms with E-state index in [0.29, 0.717) is 5.92 Å². The van der Waals surface area contributed by atoms with E-state index in [9.17, 15) is 0 Å². The van der Waals surface area contributed by atoms with Gasteiger partial charge in [-0.2, -0.15) is 5.10 Å². The molecule has 2 aromatic heterocycles. The van der Waals surface area contributed by atoms with Crippen molar-refractivity contribution in [3.05, 3.63) is 35.5 Å². The summed E-state index contributed by atoms with van der Waals surface area (Å²) < 4.78 is 7.43. The van der Waals surface area contributed by atoms with Crippen LogP contribution in [-0.2, 0) is 19.6 Å². The molecule has 0 amide bonds. The molecule has 4 heterocycles. The molecule has 0 spiro atoms. The number of aromatic nitrogens is 3. The Morgan fingerprint density at radius 2 is 2.04 bits per heavy atom. The zero-order chi connectivity index (χ0) is 16.4. The van der Waals surface area contributed by atoms with Crippen LogP contribution < -0.4 is 0 Å². The zero-order valence-electron chi connectivity index (χ0n) is 14.5. The van der Waals surface area contributed by atoms with Crippen molar-refractivity contribution in [1.29, 1.82) is 0 Å². The molecule has 0 bridgehead atoms. The first-order chi connectivity index (χ1) is 11.8. The van der Waals surface area contributed by atoms with Crippen molar-refractivity contribution < 1.29 is 4.52 Å². The standard InChI is InChI=1S/C18H27N5O/c1-15-9-17(20-24-15)13-22-11-16(10-21-7-3-2-4-8-21)12-23-18(14-22)5-6-19-23/h5-6,9,16H,2-4,7-8,10-14H2,1H3/t16-/m1/s1. The molecular weight excluding hydrogens is 302 g/mol. The van der Waals surface area contributed by atoms with Gasteiger partial charge in [0.15, 0.2) is 0 Å². The van der Waals surface area contributed by atoms with E-state index < -0.39 is 0 Å². The summed E-state index contributed by atoms with van der Waals surface area (Å²) in [6.45, 7) is 9.52. The number of piperidine rings is 1. The topological polar surface area (TPSA) is 50.3 Å². The van der Waals surface area contributed by atoms with E-state index in [1.807, 2.05) is 19.2 Å². The molecule has 2 aromatic rings. The molecule has 2 aliphatic rings. The van der Waals surface area contributed by atoms with Crippen LogP contribution in [-0.4, -0.2) is 50.9 Å². The molecule has 0 radical (unpaired) electrons. The molecular formula is C18H27N5O. The summed E-state index contributed by atoms with van der Waals surface area (Å²) in [5.74, 6) is 1.49. The van der Waals surface area contributed by atoms with Gasteiger partial charge < -0.3 is 9.42 Å². The minimum atomic E-state index is 0.609. The quantitative estimate of drug-likeness (QED) is 0.861. The van der Waals surface area contributed by atoms with E-state index in [-0.39, 0.29) is 0 Å². The summed E-state index contributed by atoms with van der Waals surface area (Å²) >= 11 is 0. The lowest BCUT2D eigenvalue weighted by Gasteiger charge is -2.31. The van der Waals surface area contributed by atoms with Crippen LogP contribution in [0.3, 0.4) is 0 Å². The first-order valence-electron chi connectivity index (χ1n) is 9.14. The lowest BCUT2D eigenvalue weighted by Crippen LogP contribution is -2.39. The smallest absolute Gasteiger partial charge is 0.133 e. The fourth-order valence-electron chi connectivity index (χ4n) is 4.08. The van der Waals surface area contributed by atoms with Gasteiger partial charge in [-0.15, -0.1) is 0 Å². The second-order valence-electron chi connectivity index (χ2n) is 7.33. The largest absolute Gasteiger partial charge is 0.361 e. The van der Waals surface area contributed by atoms with Crippen molar-refractivity contribution in [2.45, 2.75) is 45.8 Å². The van der Waals surface area contributed by atoms with Gasteiger partial charge in [0.05, 0.1) is 11.4 Å². The van der Waals surface area contributed by atoms with Crippen molar-refractivity contribution >= 4 is 0 Å². The third-order valence-electron chi connectivity index (χ3n) is 5.17. The van der Waals surface area contributed by atoms with Crippen molar-refractivity contribution in [3.8, 4) is 0 Å². The SMILES string of the molecule is Cc1cc(CN2Cc3ccnn3C[C@H](CN3CCCCC3)C2)no1. The van der Waals surface area contributed by atoms with Crippen molar-refractivity contribution in [2.75, 3.05) is 26.2 Å². The fourth-order valence-corrected chi connectivity index (χ4v) is 4.08. The maximum atomic E-state index is 5.24. The number of rotatable bonds is 4. The Bertz CT molecular complexity index is 658. The number of fused-ring (bicyclic) bond motifs is 1. The van der Waals surface area contributed by atoms with E-state index >= 15 is 0 Å². The lowest BCUT2D eigenvalue weighted by atomic mass is 10.1. The summed E-state index contributed by atoms with van der Waals surface area (Å²) in [5.41, 5.74) is 2.33. The normalized spacial score (nSPS) is 23.1. The molecule has 1 fully saturated rings. The van der Waals surface area contributed by atoms with Crippen LogP contribution in [0.5, 0.6) is 0 Å². The van der Waals surface area contributed by atoms with Gasteiger partial charge in [0.2, 0.25) is 0 Å². The molecule has 1 atom stereocenters. The van der Waals surface area contributed by atoms with E-state index in [4.69, 9.17) is 4.52 Å². The zero-order valence-corrected chi connectivity index (χ0v) is 14.5. The van der Waals surface area contributed by atoms with Gasteiger partial charge in [0.1, 0.15) is 5.76 Å². The molecule has 2 aliphatic heterocycles. The van der Waals surface area contributed by atoms with Crippen LogP contribution in [0.2, 0.25) is 0 Å². The number of nitrogens with zero attached hydrogens (tertiary/aromatic N) is 5. The molecule has 0 aliphatic carbocycles. The van der Waals surface area contributed by atoms with E-state index in [1.165, 1.54) is 44.6 Å². The van der Waals surface area contributed by atoms with Crippen LogP contribution in [0, 0.1) is 12.8 Å². The molecule has 6 heteroatoms. The van der Waals surface area contributed by atoms with E-state index in [0.717, 1.165) is 37.6 Å². The van der Waals surface area contributed by atoms with Crippen LogP contribution in [0.1, 0.15) is 36.4 Å². The average molecular weight is 329 g/mol. The van der Waals surface area contributed by atoms with E-state index in [1.54, 1.807) is 0 Å². The number of aryl methyl sites for hydroxylation is 1. The molecule has 0 unspecified atom stereocenters. The van der Waals surface area contributed by atoms with Crippen LogP contribution in [0.4, 0.5) is 0 Å². The summed E-state index contributed by atoms with van der Waals surface area (Å²) in [5, 5.41) is 8.72. The predicted octanol–water partition coefficient (Wildman–Crippen LogP) is 2.30. The lowest BCUT2D eigenvalue weighted by molar-refractivity contribution is 0.149. The first kappa shape index (κ1) is 15.8. The highest BCUT2D eigenvalue weighted by Gasteiger charge is 2.25. The highest BCUT2D eigenvalue weighted by Crippen LogP contribution is 2.20. The third kappa shape index (κ3) is 3.70. The van der Waals surface area contributed by atoms with Crippen LogP contribution in [0.25, 0.3) is 0 Å². The third-order valence-corrected chi connectivity index (χ3v) is 5.17. The number of hydrogen-bond acceptors (Lipinski definition) is 5. The fraction of sp³-hybridized carbons (Fsp3) is 0.667. The van der Waals surface area contributed by atoms with Crippen molar-refractivity contribution in [2.24, 2.45) is 5.92 Å². The molecule has 6 nitrogen and oxygen atoms in total. The van der Waals surface area contributed by atoms with Crippen molar-refractivity contribution in [1.82, 2.24) is 24.7 Å². The Hall–Kier alpha value is -1.66. The van der Waals surface area contributed by atoms with Gasteiger partial charge in [0, 0.05) is 50.9 Å². The van der Waals surface area contributed by atoms with Crippen molar-refractivity contribution in [3.63, 3.8) is 0 Å². The minimum absolute atomic E-state index is 0.609. The van der Waals surface area contributed by atoms with Gasteiger partial charge in [0.25, 0.3) is 0 Å². The van der Waals surface area contributed by atoms with Gasteiger partial charge in [-0.25, -0.2) is 0 Å². The molecule has 0 saturated carbocycles. The number of likely N-dealkylation sites (tertiary alicyclic amines) is 1. The number of hydrogen-bond donors (Lipinski definition) is 0. The second-order valence-corrected chi connectivity index (χ2v) is 7.33. The average Bonchev–Trinajstić information content (AvgIpc) is 3.14. The van der Waals surface area contributed by atoms with Crippen LogP contribution in [0.15, 0.2) is 22.9 Å². The predicted molar refractivity (Wildman–Crippen MR) is 91.4 cm³/mol. The molecule has 1 saturated heterocycles. The van der Waals surface area contributed by atoms with Gasteiger partial charge in [-0.05, 0) is 38.9 Å². The van der Waals surface area contributed by atoms with Gasteiger partial charge in [-0.1, -0.05) is 11.6 Å². The Kier molecular flexibility index (Phi) is 4.67. The highest BCUT2D eigenvalue weighted by atomic mass is 16.5. The monoisotopic (exact) mass is 329 g/mol. The minimum Gasteiger partial charge on any atom is -0.361 e. The maximum Gasteiger partial charge on any atom is 0.133 e. The second kappa shape index (κ2) is 7.07. The highest BCUT2D eigenvalue weighted by molar-refractivity contribution is 5.06. The van der Waals surface area contributed by atoms with Gasteiger partial charge >= 0.3 is 0 Å². The molecule has 0 aromatic carbocycles. The molecule has 4 rings (SSSR count). The molecule has 130 valence electrons. The summed E-state index contributed by atoms with van der Waals surface area (Å²) in [7, 11) is 0. The maximum absolute atomic E-state index is 5.24. The Morgan fingerprint density at radius 1 is 1.17 bits per heavy atom. The summed E-state index contributed by atoms with van der Waals surface area (Å²) in [6.07, 6.45) is 6.02. The van der Waals surface area contributed by atoms with Gasteiger partial charge in [-0.3, -0.25) is 9.58 Å². The summed E-state index contributed by atoms with van der Waals surface area (Å²) in [4.78, 5) is 5.13. The Morgan fingerprint density at radius 3 is 2.83 bits per heavy atom. The molecule has 24 heavy (non-hydrogen) atoms. The summed E-state index contributed by atoms with van der Waals surface area (Å²) in [6, 6.07) is 4.19. The Balaban J connectivity index is 1.47. The molecule has 0 N–H and O–H groups in total. The Labute approximate surface area is 143 Å². The first-order valence-corrected chi connectivity index (χ1v) is 9.14. The van der Waals surface area contributed by atoms with Crippen LogP contribution >= 0.6 is 0 Å². The van der Waals surface area contributed by atoms with E-state index in [2.05, 4.69) is 30.8 Å².